The second-order valence-corrected chi connectivity index (χ2v) is 8.76. The molecule has 2 aromatic carbocycles. The molecule has 1 N–H and O–H groups in total. The summed E-state index contributed by atoms with van der Waals surface area (Å²) in [7, 11) is 0. The fourth-order valence-electron chi connectivity index (χ4n) is 4.25. The van der Waals surface area contributed by atoms with E-state index in [1.165, 1.54) is 4.90 Å². The Morgan fingerprint density at radius 1 is 0.938 bits per heavy atom. The Balaban J connectivity index is 1.58. The van der Waals surface area contributed by atoms with Crippen molar-refractivity contribution in [2.24, 2.45) is 0 Å². The lowest BCUT2D eigenvalue weighted by Crippen LogP contribution is -2.39. The number of amides is 2. The maximum absolute atomic E-state index is 13.4. The van der Waals surface area contributed by atoms with Gasteiger partial charge in [0.25, 0.3) is 11.8 Å². The molecular formula is C25H28ClN3O3. The molecule has 1 saturated heterocycles. The van der Waals surface area contributed by atoms with Crippen LogP contribution in [0.1, 0.15) is 23.1 Å². The number of halogens is 1. The molecule has 7 heteroatoms. The Morgan fingerprint density at radius 3 is 2.25 bits per heavy atom. The summed E-state index contributed by atoms with van der Waals surface area (Å²) in [6.07, 6.45) is 0.724. The normalized spacial score (nSPS) is 17.4. The van der Waals surface area contributed by atoms with Gasteiger partial charge in [-0.15, -0.1) is 0 Å². The van der Waals surface area contributed by atoms with E-state index < -0.39 is 0 Å². The molecular weight excluding hydrogens is 426 g/mol. The van der Waals surface area contributed by atoms with Crippen molar-refractivity contribution in [2.45, 2.75) is 20.3 Å². The van der Waals surface area contributed by atoms with Crippen molar-refractivity contribution in [2.75, 3.05) is 44.7 Å². The van der Waals surface area contributed by atoms with E-state index in [0.29, 0.717) is 28.4 Å². The number of nitrogens with zero attached hydrogens (tertiary/aromatic N) is 2. The number of morpholine rings is 1. The average Bonchev–Trinajstić information content (AvgIpc) is 2.99. The van der Waals surface area contributed by atoms with E-state index >= 15 is 0 Å². The van der Waals surface area contributed by atoms with Crippen molar-refractivity contribution in [3.05, 3.63) is 69.9 Å². The Hall–Kier alpha value is -2.67. The lowest BCUT2D eigenvalue weighted by Gasteiger charge is -2.27. The zero-order valence-electron chi connectivity index (χ0n) is 18.5. The van der Waals surface area contributed by atoms with Crippen LogP contribution in [0.4, 0.5) is 5.69 Å². The number of aryl methyl sites for hydroxylation is 2. The summed E-state index contributed by atoms with van der Waals surface area (Å²) >= 11 is 6.05. The summed E-state index contributed by atoms with van der Waals surface area (Å²) in [5.74, 6) is -0.563. The van der Waals surface area contributed by atoms with Crippen molar-refractivity contribution < 1.29 is 14.3 Å². The highest BCUT2D eigenvalue weighted by molar-refractivity contribution is 6.36. The van der Waals surface area contributed by atoms with Gasteiger partial charge in [0.1, 0.15) is 5.70 Å². The number of anilines is 1. The Kier molecular flexibility index (Phi) is 6.94. The van der Waals surface area contributed by atoms with Crippen LogP contribution in [0.2, 0.25) is 5.02 Å². The zero-order chi connectivity index (χ0) is 22.7. The van der Waals surface area contributed by atoms with E-state index in [1.807, 2.05) is 26.0 Å². The molecule has 2 aliphatic rings. The van der Waals surface area contributed by atoms with Crippen molar-refractivity contribution in [1.29, 1.82) is 0 Å². The maximum atomic E-state index is 13.4. The third-order valence-corrected chi connectivity index (χ3v) is 6.00. The van der Waals surface area contributed by atoms with Gasteiger partial charge < -0.3 is 10.1 Å². The smallest absolute Gasteiger partial charge is 0.278 e. The number of imide groups is 1. The molecule has 2 aliphatic heterocycles. The minimum absolute atomic E-state index is 0.272. The van der Waals surface area contributed by atoms with E-state index in [9.17, 15) is 9.59 Å². The van der Waals surface area contributed by atoms with Crippen LogP contribution in [0, 0.1) is 13.8 Å². The Morgan fingerprint density at radius 2 is 1.59 bits per heavy atom. The van der Waals surface area contributed by atoms with Crippen LogP contribution in [0.3, 0.4) is 0 Å². The Bertz CT molecular complexity index is 1020. The fourth-order valence-corrected chi connectivity index (χ4v) is 4.37. The molecule has 0 aromatic heterocycles. The molecule has 0 aliphatic carbocycles. The van der Waals surface area contributed by atoms with Gasteiger partial charge in [0.2, 0.25) is 0 Å². The van der Waals surface area contributed by atoms with Crippen molar-refractivity contribution in [3.63, 3.8) is 0 Å². The second kappa shape index (κ2) is 9.86. The maximum Gasteiger partial charge on any atom is 0.278 e. The number of rotatable bonds is 7. The van der Waals surface area contributed by atoms with Crippen LogP contribution in [-0.4, -0.2) is 61.0 Å². The molecule has 2 amide bonds. The first-order chi connectivity index (χ1) is 15.4. The number of carbonyl (C=O) groups is 2. The summed E-state index contributed by atoms with van der Waals surface area (Å²) in [6, 6.07) is 13.0. The van der Waals surface area contributed by atoms with E-state index in [-0.39, 0.29) is 11.8 Å². The molecule has 1 fully saturated rings. The first-order valence-electron chi connectivity index (χ1n) is 10.9. The molecule has 2 heterocycles. The largest absolute Gasteiger partial charge is 0.379 e. The molecule has 0 spiro atoms. The fraction of sp³-hybridized carbons (Fsp3) is 0.360. The third-order valence-electron chi connectivity index (χ3n) is 5.75. The predicted molar refractivity (Wildman–Crippen MR) is 127 cm³/mol. The van der Waals surface area contributed by atoms with Crippen molar-refractivity contribution in [1.82, 2.24) is 9.80 Å². The quantitative estimate of drug-likeness (QED) is 0.645. The lowest BCUT2D eigenvalue weighted by molar-refractivity contribution is -0.136. The van der Waals surface area contributed by atoms with E-state index in [2.05, 4.69) is 16.3 Å². The predicted octanol–water partition coefficient (Wildman–Crippen LogP) is 3.87. The highest BCUT2D eigenvalue weighted by Gasteiger charge is 2.39. The molecule has 2 aromatic rings. The number of benzene rings is 2. The summed E-state index contributed by atoms with van der Waals surface area (Å²) in [5.41, 5.74) is 4.34. The minimum Gasteiger partial charge on any atom is -0.379 e. The van der Waals surface area contributed by atoms with Gasteiger partial charge in [-0.2, -0.15) is 0 Å². The number of carbonyl (C=O) groups excluding carboxylic acids is 2. The van der Waals surface area contributed by atoms with Crippen LogP contribution in [0.15, 0.2) is 48.2 Å². The SMILES string of the molecule is Cc1cc(C)cc(NC2=C(c3ccc(Cl)cc3)C(=O)N(CCCN3CCOCC3)C2=O)c1. The molecule has 32 heavy (non-hydrogen) atoms. The van der Waals surface area contributed by atoms with Gasteiger partial charge in [0, 0.05) is 36.9 Å². The molecule has 0 atom stereocenters. The van der Waals surface area contributed by atoms with Gasteiger partial charge in [0.05, 0.1) is 18.8 Å². The first kappa shape index (κ1) is 22.5. The Labute approximate surface area is 193 Å². The molecule has 168 valence electrons. The number of nitrogens with one attached hydrogen (secondary N) is 1. The molecule has 4 rings (SSSR count). The van der Waals surface area contributed by atoms with Gasteiger partial charge in [-0.05, 0) is 61.2 Å². The van der Waals surface area contributed by atoms with E-state index in [4.69, 9.17) is 16.3 Å². The van der Waals surface area contributed by atoms with Gasteiger partial charge in [-0.1, -0.05) is 29.8 Å². The molecule has 0 unspecified atom stereocenters. The standard InChI is InChI=1S/C25H28ClN3O3/c1-17-14-18(2)16-21(15-17)27-23-22(19-4-6-20(26)7-5-19)24(30)29(25(23)31)9-3-8-28-10-12-32-13-11-28/h4-7,14-16,27H,3,8-13H2,1-2H3. The van der Waals surface area contributed by atoms with Crippen LogP contribution in [-0.2, 0) is 14.3 Å². The monoisotopic (exact) mass is 453 g/mol. The third kappa shape index (κ3) is 5.04. The molecule has 6 nitrogen and oxygen atoms in total. The summed E-state index contributed by atoms with van der Waals surface area (Å²) in [5, 5.41) is 3.82. The van der Waals surface area contributed by atoms with Crippen LogP contribution in [0.5, 0.6) is 0 Å². The lowest BCUT2D eigenvalue weighted by atomic mass is 10.0. The number of hydrogen-bond acceptors (Lipinski definition) is 5. The van der Waals surface area contributed by atoms with Gasteiger partial charge in [0.15, 0.2) is 0 Å². The number of ether oxygens (including phenoxy) is 1. The minimum atomic E-state index is -0.291. The summed E-state index contributed by atoms with van der Waals surface area (Å²) in [6.45, 7) is 8.45. The van der Waals surface area contributed by atoms with Gasteiger partial charge in [-0.25, -0.2) is 0 Å². The van der Waals surface area contributed by atoms with Gasteiger partial charge in [-0.3, -0.25) is 19.4 Å². The highest BCUT2D eigenvalue weighted by Crippen LogP contribution is 2.31. The summed E-state index contributed by atoms with van der Waals surface area (Å²) < 4.78 is 5.39. The summed E-state index contributed by atoms with van der Waals surface area (Å²) in [4.78, 5) is 30.4. The first-order valence-corrected chi connectivity index (χ1v) is 11.3. The second-order valence-electron chi connectivity index (χ2n) is 8.33. The average molecular weight is 454 g/mol. The highest BCUT2D eigenvalue weighted by atomic mass is 35.5. The van der Waals surface area contributed by atoms with Crippen LogP contribution in [0.25, 0.3) is 5.57 Å². The van der Waals surface area contributed by atoms with Crippen LogP contribution >= 0.6 is 11.6 Å². The molecule has 0 bridgehead atoms. The van der Waals surface area contributed by atoms with Crippen molar-refractivity contribution >= 4 is 34.7 Å². The van der Waals surface area contributed by atoms with Crippen LogP contribution < -0.4 is 5.32 Å². The van der Waals surface area contributed by atoms with E-state index in [1.54, 1.807) is 24.3 Å². The number of hydrogen-bond donors (Lipinski definition) is 1. The van der Waals surface area contributed by atoms with E-state index in [0.717, 1.165) is 56.1 Å². The molecule has 0 saturated carbocycles. The molecule has 0 radical (unpaired) electrons. The zero-order valence-corrected chi connectivity index (χ0v) is 19.2. The van der Waals surface area contributed by atoms with Gasteiger partial charge >= 0.3 is 0 Å². The topological polar surface area (TPSA) is 61.9 Å². The van der Waals surface area contributed by atoms with Crippen molar-refractivity contribution in [3.8, 4) is 0 Å².